The molecule has 0 saturated heterocycles. The zero-order chi connectivity index (χ0) is 19.1. The zero-order valence-corrected chi connectivity index (χ0v) is 15.4. The Kier molecular flexibility index (Phi) is 6.16. The third-order valence-electron chi connectivity index (χ3n) is 4.46. The predicted octanol–water partition coefficient (Wildman–Crippen LogP) is 4.88. The minimum Gasteiger partial charge on any atom is -0.457 e. The van der Waals surface area contributed by atoms with Crippen LogP contribution in [0.1, 0.15) is 28.4 Å². The number of carbonyl (C=O) groups excluding carboxylic acids is 2. The van der Waals surface area contributed by atoms with Crippen molar-refractivity contribution in [3.63, 3.8) is 0 Å². The lowest BCUT2D eigenvalue weighted by molar-refractivity contribution is -0.141. The average molecular weight is 358 g/mol. The standard InChI is InChI=1S/C24H22O3/c1-2-18-8-14-22(15-9-18)23(25)17-27-24(26)16-19-10-12-21(13-11-19)20-6-4-3-5-7-20/h3-15H,2,16-17H2,1H3. The molecule has 27 heavy (non-hydrogen) atoms. The van der Waals surface area contributed by atoms with E-state index in [1.165, 1.54) is 5.56 Å². The second-order valence-corrected chi connectivity index (χ2v) is 6.37. The SMILES string of the molecule is CCc1ccc(C(=O)COC(=O)Cc2ccc(-c3ccccc3)cc2)cc1. The third kappa shape index (κ3) is 5.14. The highest BCUT2D eigenvalue weighted by Crippen LogP contribution is 2.19. The molecule has 3 heteroatoms. The quantitative estimate of drug-likeness (QED) is 0.446. The van der Waals surface area contributed by atoms with Crippen molar-refractivity contribution in [1.29, 1.82) is 0 Å². The number of Topliss-reactive ketones (excluding diaryl/α,β-unsaturated/α-hetero) is 1. The first-order valence-corrected chi connectivity index (χ1v) is 9.08. The van der Waals surface area contributed by atoms with Gasteiger partial charge in [0.15, 0.2) is 12.4 Å². The van der Waals surface area contributed by atoms with Crippen LogP contribution in [-0.2, 0) is 22.4 Å². The van der Waals surface area contributed by atoms with Gasteiger partial charge >= 0.3 is 5.97 Å². The molecule has 0 radical (unpaired) electrons. The van der Waals surface area contributed by atoms with Crippen molar-refractivity contribution < 1.29 is 14.3 Å². The Morgan fingerprint density at radius 2 is 1.33 bits per heavy atom. The molecule has 0 heterocycles. The van der Waals surface area contributed by atoms with E-state index in [0.717, 1.165) is 23.1 Å². The summed E-state index contributed by atoms with van der Waals surface area (Å²) in [5.74, 6) is -0.591. The summed E-state index contributed by atoms with van der Waals surface area (Å²) >= 11 is 0. The van der Waals surface area contributed by atoms with Crippen LogP contribution in [0.5, 0.6) is 0 Å². The number of ether oxygens (including phenoxy) is 1. The molecule has 0 aliphatic carbocycles. The van der Waals surface area contributed by atoms with Crippen molar-refractivity contribution >= 4 is 11.8 Å². The van der Waals surface area contributed by atoms with Crippen LogP contribution in [-0.4, -0.2) is 18.4 Å². The second-order valence-electron chi connectivity index (χ2n) is 6.37. The first kappa shape index (κ1) is 18.6. The number of hydrogen-bond acceptors (Lipinski definition) is 3. The van der Waals surface area contributed by atoms with Crippen LogP contribution in [0.25, 0.3) is 11.1 Å². The van der Waals surface area contributed by atoms with E-state index in [9.17, 15) is 9.59 Å². The van der Waals surface area contributed by atoms with Gasteiger partial charge in [-0.05, 0) is 28.7 Å². The number of rotatable bonds is 7. The van der Waals surface area contributed by atoms with E-state index in [2.05, 4.69) is 6.92 Å². The lowest BCUT2D eigenvalue weighted by Gasteiger charge is -2.06. The van der Waals surface area contributed by atoms with Gasteiger partial charge in [0.1, 0.15) is 0 Å². The minimum absolute atomic E-state index is 0.150. The maximum atomic E-state index is 12.1. The fraction of sp³-hybridized carbons (Fsp3) is 0.167. The van der Waals surface area contributed by atoms with Crippen molar-refractivity contribution in [3.05, 3.63) is 95.6 Å². The molecule has 0 saturated carbocycles. The summed E-state index contributed by atoms with van der Waals surface area (Å²) in [4.78, 5) is 24.2. The number of esters is 1. The summed E-state index contributed by atoms with van der Waals surface area (Å²) < 4.78 is 5.15. The molecule has 0 atom stereocenters. The van der Waals surface area contributed by atoms with Crippen LogP contribution < -0.4 is 0 Å². The highest BCUT2D eigenvalue weighted by Gasteiger charge is 2.11. The van der Waals surface area contributed by atoms with E-state index in [1.807, 2.05) is 66.7 Å². The van der Waals surface area contributed by atoms with E-state index in [1.54, 1.807) is 12.1 Å². The fourth-order valence-electron chi connectivity index (χ4n) is 2.82. The van der Waals surface area contributed by atoms with E-state index in [-0.39, 0.29) is 18.8 Å². The number of hydrogen-bond donors (Lipinski definition) is 0. The molecule has 3 aromatic carbocycles. The van der Waals surface area contributed by atoms with Gasteiger partial charge in [0.2, 0.25) is 0 Å². The summed E-state index contributed by atoms with van der Waals surface area (Å²) in [6.07, 6.45) is 1.07. The summed E-state index contributed by atoms with van der Waals surface area (Å²) in [5.41, 5.74) is 4.82. The van der Waals surface area contributed by atoms with Gasteiger partial charge in [-0.2, -0.15) is 0 Å². The maximum absolute atomic E-state index is 12.1. The monoisotopic (exact) mass is 358 g/mol. The Morgan fingerprint density at radius 1 is 0.741 bits per heavy atom. The van der Waals surface area contributed by atoms with E-state index < -0.39 is 5.97 Å². The first-order valence-electron chi connectivity index (χ1n) is 9.08. The van der Waals surface area contributed by atoms with Crippen molar-refractivity contribution in [3.8, 4) is 11.1 Å². The third-order valence-corrected chi connectivity index (χ3v) is 4.46. The van der Waals surface area contributed by atoms with E-state index in [0.29, 0.717) is 5.56 Å². The van der Waals surface area contributed by atoms with Gasteiger partial charge < -0.3 is 4.74 Å². The highest BCUT2D eigenvalue weighted by molar-refractivity contribution is 5.98. The molecular weight excluding hydrogens is 336 g/mol. The van der Waals surface area contributed by atoms with Crippen molar-refractivity contribution in [2.24, 2.45) is 0 Å². The molecule has 3 rings (SSSR count). The smallest absolute Gasteiger partial charge is 0.310 e. The molecule has 0 bridgehead atoms. The van der Waals surface area contributed by atoms with E-state index in [4.69, 9.17) is 4.74 Å². The van der Waals surface area contributed by atoms with Crippen molar-refractivity contribution in [1.82, 2.24) is 0 Å². The Labute approximate surface area is 159 Å². The Bertz CT molecular complexity index is 895. The summed E-state index contributed by atoms with van der Waals surface area (Å²) in [7, 11) is 0. The maximum Gasteiger partial charge on any atom is 0.310 e. The van der Waals surface area contributed by atoms with Crippen LogP contribution in [0.15, 0.2) is 78.9 Å². The minimum atomic E-state index is -0.402. The van der Waals surface area contributed by atoms with Crippen LogP contribution in [0.4, 0.5) is 0 Å². The normalized spacial score (nSPS) is 10.4. The van der Waals surface area contributed by atoms with E-state index >= 15 is 0 Å². The van der Waals surface area contributed by atoms with Crippen LogP contribution in [0, 0.1) is 0 Å². The Hall–Kier alpha value is -3.20. The molecule has 0 N–H and O–H groups in total. The molecule has 136 valence electrons. The average Bonchev–Trinajstić information content (AvgIpc) is 2.73. The summed E-state index contributed by atoms with van der Waals surface area (Å²) in [6.45, 7) is 1.83. The fourth-order valence-corrected chi connectivity index (χ4v) is 2.82. The molecular formula is C24H22O3. The van der Waals surface area contributed by atoms with Gasteiger partial charge in [-0.1, -0.05) is 85.8 Å². The molecule has 0 aliphatic rings. The van der Waals surface area contributed by atoms with Crippen molar-refractivity contribution in [2.75, 3.05) is 6.61 Å². The Balaban J connectivity index is 1.52. The van der Waals surface area contributed by atoms with Gasteiger partial charge in [-0.15, -0.1) is 0 Å². The van der Waals surface area contributed by atoms with Crippen molar-refractivity contribution in [2.45, 2.75) is 19.8 Å². The number of aryl methyl sites for hydroxylation is 1. The molecule has 0 aliphatic heterocycles. The van der Waals surface area contributed by atoms with Gasteiger partial charge in [0.25, 0.3) is 0 Å². The number of ketones is 1. The number of benzene rings is 3. The van der Waals surface area contributed by atoms with Gasteiger partial charge in [-0.25, -0.2) is 0 Å². The molecule has 0 unspecified atom stereocenters. The zero-order valence-electron chi connectivity index (χ0n) is 15.4. The van der Waals surface area contributed by atoms with Gasteiger partial charge in [-0.3, -0.25) is 9.59 Å². The summed E-state index contributed by atoms with van der Waals surface area (Å²) in [6, 6.07) is 25.2. The topological polar surface area (TPSA) is 43.4 Å². The first-order chi connectivity index (χ1) is 13.2. The molecule has 0 fully saturated rings. The molecule has 0 amide bonds. The van der Waals surface area contributed by atoms with Gasteiger partial charge in [0.05, 0.1) is 6.42 Å². The largest absolute Gasteiger partial charge is 0.457 e. The Morgan fingerprint density at radius 3 is 1.96 bits per heavy atom. The second kappa shape index (κ2) is 8.95. The summed E-state index contributed by atoms with van der Waals surface area (Å²) in [5, 5.41) is 0. The highest BCUT2D eigenvalue weighted by atomic mass is 16.5. The number of carbonyl (C=O) groups is 2. The van der Waals surface area contributed by atoms with Crippen LogP contribution >= 0.6 is 0 Å². The van der Waals surface area contributed by atoms with Crippen LogP contribution in [0.2, 0.25) is 0 Å². The lowest BCUT2D eigenvalue weighted by atomic mass is 10.0. The molecule has 0 spiro atoms. The molecule has 3 aromatic rings. The lowest BCUT2D eigenvalue weighted by Crippen LogP contribution is -2.15. The molecule has 0 aromatic heterocycles. The van der Waals surface area contributed by atoms with Gasteiger partial charge in [0, 0.05) is 5.56 Å². The predicted molar refractivity (Wildman–Crippen MR) is 107 cm³/mol. The molecule has 3 nitrogen and oxygen atoms in total. The van der Waals surface area contributed by atoms with Crippen LogP contribution in [0.3, 0.4) is 0 Å².